The highest BCUT2D eigenvalue weighted by Crippen LogP contribution is 2.22. The first-order valence-corrected chi connectivity index (χ1v) is 4.16. The van der Waals surface area contributed by atoms with Crippen molar-refractivity contribution in [2.45, 2.75) is 0 Å². The topological polar surface area (TPSA) is 81.2 Å². The molecule has 0 fully saturated rings. The average Bonchev–Trinajstić information content (AvgIpc) is 2.65. The van der Waals surface area contributed by atoms with Crippen molar-refractivity contribution < 1.29 is 10.0 Å². The van der Waals surface area contributed by atoms with Gasteiger partial charge in [-0.05, 0) is 6.07 Å². The lowest BCUT2D eigenvalue weighted by Gasteiger charge is -2.01. The van der Waals surface area contributed by atoms with Gasteiger partial charge in [0.1, 0.15) is 5.69 Å². The number of nitrogens with zero attached hydrogens (tertiary/aromatic N) is 3. The van der Waals surface area contributed by atoms with Crippen LogP contribution in [-0.4, -0.2) is 19.8 Å². The molecule has 6 nitrogen and oxygen atoms in total. The monoisotopic (exact) mass is 205 g/mol. The van der Waals surface area contributed by atoms with Crippen LogP contribution in [0.3, 0.4) is 0 Å². The lowest BCUT2D eigenvalue weighted by atomic mass is 10.3. The van der Waals surface area contributed by atoms with Gasteiger partial charge < -0.3 is 5.11 Å². The zero-order chi connectivity index (χ0) is 10.8. The Morgan fingerprint density at radius 1 is 1.40 bits per heavy atom. The number of para-hydroxylation sites is 2. The Bertz CT molecular complexity index is 507. The Morgan fingerprint density at radius 2 is 2.13 bits per heavy atom. The van der Waals surface area contributed by atoms with Crippen molar-refractivity contribution in [3.05, 3.63) is 46.8 Å². The van der Waals surface area contributed by atoms with Gasteiger partial charge >= 0.3 is 0 Å². The summed E-state index contributed by atoms with van der Waals surface area (Å²) in [6, 6.07) is 6.19. The third-order valence-corrected chi connectivity index (χ3v) is 1.89. The van der Waals surface area contributed by atoms with Gasteiger partial charge in [-0.3, -0.25) is 10.1 Å². The van der Waals surface area contributed by atoms with E-state index < -0.39 is 4.92 Å². The molecule has 76 valence electrons. The summed E-state index contributed by atoms with van der Waals surface area (Å²) in [5, 5.41) is 23.6. The highest BCUT2D eigenvalue weighted by Gasteiger charge is 2.14. The Morgan fingerprint density at radius 3 is 2.73 bits per heavy atom. The third kappa shape index (κ3) is 1.64. The Hall–Kier alpha value is -2.37. The molecule has 0 radical (unpaired) electrons. The molecule has 0 saturated heterocycles. The van der Waals surface area contributed by atoms with Crippen LogP contribution < -0.4 is 0 Å². The molecule has 2 aromatic rings. The molecule has 1 N–H and O–H groups in total. The molecule has 0 bridgehead atoms. The Balaban J connectivity index is 2.57. The fourth-order valence-electron chi connectivity index (χ4n) is 1.26. The predicted molar refractivity (Wildman–Crippen MR) is 51.9 cm³/mol. The van der Waals surface area contributed by atoms with E-state index in [-0.39, 0.29) is 11.4 Å². The van der Waals surface area contributed by atoms with Gasteiger partial charge in [0.2, 0.25) is 0 Å². The predicted octanol–water partition coefficient (Wildman–Crippen LogP) is 1.49. The number of hydrogen-bond donors (Lipinski definition) is 1. The van der Waals surface area contributed by atoms with E-state index in [0.29, 0.717) is 5.69 Å². The lowest BCUT2D eigenvalue weighted by Crippen LogP contribution is -1.99. The van der Waals surface area contributed by atoms with Gasteiger partial charge in [0.25, 0.3) is 5.69 Å². The van der Waals surface area contributed by atoms with Crippen LogP contribution in [0.5, 0.6) is 5.75 Å². The molecule has 0 atom stereocenters. The van der Waals surface area contributed by atoms with Crippen molar-refractivity contribution in [1.82, 2.24) is 9.78 Å². The molecule has 0 aliphatic heterocycles. The van der Waals surface area contributed by atoms with Crippen LogP contribution >= 0.6 is 0 Å². The molecular weight excluding hydrogens is 198 g/mol. The largest absolute Gasteiger partial charge is 0.505 e. The number of rotatable bonds is 2. The second-order valence-electron chi connectivity index (χ2n) is 2.89. The standard InChI is InChI=1S/C9H7N3O3/c13-7-5-10-11(6-7)8-3-1-2-4-9(8)12(14)15/h1-6,13H. The summed E-state index contributed by atoms with van der Waals surface area (Å²) in [5.41, 5.74) is 0.267. The molecular formula is C9H7N3O3. The number of hydrogen-bond acceptors (Lipinski definition) is 4. The van der Waals surface area contributed by atoms with Gasteiger partial charge in [-0.2, -0.15) is 5.10 Å². The molecule has 0 aliphatic carbocycles. The van der Waals surface area contributed by atoms with Crippen LogP contribution in [0.4, 0.5) is 5.69 Å². The SMILES string of the molecule is O=[N+]([O-])c1ccccc1-n1cc(O)cn1. The first-order valence-electron chi connectivity index (χ1n) is 4.16. The molecule has 1 aromatic heterocycles. The maximum atomic E-state index is 10.7. The molecule has 1 aromatic carbocycles. The molecule has 0 saturated carbocycles. The smallest absolute Gasteiger partial charge is 0.294 e. The summed E-state index contributed by atoms with van der Waals surface area (Å²) >= 11 is 0. The number of nitro benzene ring substituents is 1. The van der Waals surface area contributed by atoms with Gasteiger partial charge in [0, 0.05) is 6.07 Å². The Kier molecular flexibility index (Phi) is 2.09. The summed E-state index contributed by atoms with van der Waals surface area (Å²) < 4.78 is 1.26. The Labute approximate surface area is 84.5 Å². The maximum Gasteiger partial charge on any atom is 0.294 e. The van der Waals surface area contributed by atoms with Gasteiger partial charge in [-0.15, -0.1) is 0 Å². The van der Waals surface area contributed by atoms with E-state index in [0.717, 1.165) is 0 Å². The third-order valence-electron chi connectivity index (χ3n) is 1.89. The number of aromatic hydroxyl groups is 1. The number of aromatic nitrogens is 2. The second-order valence-corrected chi connectivity index (χ2v) is 2.89. The average molecular weight is 205 g/mol. The fraction of sp³-hybridized carbons (Fsp3) is 0. The highest BCUT2D eigenvalue weighted by atomic mass is 16.6. The molecule has 0 amide bonds. The minimum Gasteiger partial charge on any atom is -0.505 e. The molecule has 2 rings (SSSR count). The zero-order valence-corrected chi connectivity index (χ0v) is 7.57. The first-order chi connectivity index (χ1) is 7.18. The van der Waals surface area contributed by atoms with Gasteiger partial charge in [0.05, 0.1) is 17.3 Å². The van der Waals surface area contributed by atoms with Crippen LogP contribution in [-0.2, 0) is 0 Å². The fourth-order valence-corrected chi connectivity index (χ4v) is 1.26. The number of benzene rings is 1. The highest BCUT2D eigenvalue weighted by molar-refractivity contribution is 5.51. The van der Waals surface area contributed by atoms with E-state index in [2.05, 4.69) is 5.10 Å². The van der Waals surface area contributed by atoms with E-state index in [9.17, 15) is 10.1 Å². The summed E-state index contributed by atoms with van der Waals surface area (Å²) in [5.74, 6) is -0.0341. The second kappa shape index (κ2) is 3.41. The van der Waals surface area contributed by atoms with Gasteiger partial charge in [-0.1, -0.05) is 12.1 Å². The first kappa shape index (κ1) is 9.20. The number of nitro groups is 1. The van der Waals surface area contributed by atoms with Crippen molar-refractivity contribution in [2.75, 3.05) is 0 Å². The quantitative estimate of drug-likeness (QED) is 0.594. The van der Waals surface area contributed by atoms with Crippen LogP contribution in [0.1, 0.15) is 0 Å². The summed E-state index contributed by atoms with van der Waals surface area (Å²) in [4.78, 5) is 10.2. The molecule has 1 heterocycles. The minimum absolute atomic E-state index is 0.0341. The van der Waals surface area contributed by atoms with Crippen LogP contribution in [0, 0.1) is 10.1 Å². The summed E-state index contributed by atoms with van der Waals surface area (Å²) in [6.07, 6.45) is 2.53. The van der Waals surface area contributed by atoms with E-state index in [4.69, 9.17) is 5.11 Å². The maximum absolute atomic E-state index is 10.7. The molecule has 6 heteroatoms. The molecule has 0 spiro atoms. The zero-order valence-electron chi connectivity index (χ0n) is 7.57. The van der Waals surface area contributed by atoms with Crippen molar-refractivity contribution in [2.24, 2.45) is 0 Å². The lowest BCUT2D eigenvalue weighted by molar-refractivity contribution is -0.384. The van der Waals surface area contributed by atoms with Crippen molar-refractivity contribution >= 4 is 5.69 Å². The van der Waals surface area contributed by atoms with Crippen LogP contribution in [0.25, 0.3) is 5.69 Å². The van der Waals surface area contributed by atoms with E-state index in [1.54, 1.807) is 18.2 Å². The molecule has 15 heavy (non-hydrogen) atoms. The summed E-state index contributed by atoms with van der Waals surface area (Å²) in [7, 11) is 0. The van der Waals surface area contributed by atoms with E-state index >= 15 is 0 Å². The van der Waals surface area contributed by atoms with Gasteiger partial charge in [0.15, 0.2) is 5.75 Å². The summed E-state index contributed by atoms with van der Waals surface area (Å²) in [6.45, 7) is 0. The van der Waals surface area contributed by atoms with Crippen molar-refractivity contribution in [3.63, 3.8) is 0 Å². The molecule has 0 aliphatic rings. The normalized spacial score (nSPS) is 10.1. The van der Waals surface area contributed by atoms with Crippen molar-refractivity contribution in [1.29, 1.82) is 0 Å². The van der Waals surface area contributed by atoms with Crippen LogP contribution in [0.15, 0.2) is 36.7 Å². The van der Waals surface area contributed by atoms with Crippen molar-refractivity contribution in [3.8, 4) is 11.4 Å². The minimum atomic E-state index is -0.492. The van der Waals surface area contributed by atoms with E-state index in [1.807, 2.05) is 0 Å². The molecule has 0 unspecified atom stereocenters. The van der Waals surface area contributed by atoms with Gasteiger partial charge in [-0.25, -0.2) is 4.68 Å². The van der Waals surface area contributed by atoms with Crippen LogP contribution in [0.2, 0.25) is 0 Å². The van der Waals surface area contributed by atoms with E-state index in [1.165, 1.54) is 23.1 Å².